The van der Waals surface area contributed by atoms with Gasteiger partial charge >= 0.3 is 0 Å². The average molecular weight is 149 g/mol. The normalized spacial score (nSPS) is 12.5. The van der Waals surface area contributed by atoms with E-state index in [1.54, 1.807) is 0 Å². The van der Waals surface area contributed by atoms with Gasteiger partial charge in [-0.3, -0.25) is 0 Å². The van der Waals surface area contributed by atoms with Crippen LogP contribution in [0.3, 0.4) is 0 Å². The molecule has 1 aromatic carbocycles. The molecule has 1 aromatic rings. The van der Waals surface area contributed by atoms with E-state index >= 15 is 0 Å². The minimum atomic E-state index is 0.286. The van der Waals surface area contributed by atoms with Crippen LogP contribution in [-0.4, -0.2) is 6.10 Å². The molecule has 1 rings (SSSR count). The topological polar surface area (TPSA) is 9.23 Å². The molecule has 1 radical (unpaired) electrons. The highest BCUT2D eigenvalue weighted by atomic mass is 16.5. The molecule has 0 spiro atoms. The number of ether oxygens (including phenoxy) is 1. The second-order valence-electron chi connectivity index (χ2n) is 2.56. The Bertz CT molecular complexity index is 193. The van der Waals surface area contributed by atoms with Crippen LogP contribution in [0, 0.1) is 6.07 Å². The summed E-state index contributed by atoms with van der Waals surface area (Å²) in [5, 5.41) is 0. The Morgan fingerprint density at radius 3 is 2.91 bits per heavy atom. The quantitative estimate of drug-likeness (QED) is 0.642. The summed E-state index contributed by atoms with van der Waals surface area (Å²) in [5.74, 6) is 0.835. The number of para-hydroxylation sites is 1. The van der Waals surface area contributed by atoms with Crippen molar-refractivity contribution in [1.82, 2.24) is 0 Å². The second-order valence-corrected chi connectivity index (χ2v) is 2.56. The summed E-state index contributed by atoms with van der Waals surface area (Å²) in [6.07, 6.45) is 1.32. The molecular weight excluding hydrogens is 136 g/mol. The minimum Gasteiger partial charge on any atom is -0.490 e. The van der Waals surface area contributed by atoms with Crippen LogP contribution in [0.25, 0.3) is 0 Å². The van der Waals surface area contributed by atoms with E-state index in [1.165, 1.54) is 0 Å². The van der Waals surface area contributed by atoms with Gasteiger partial charge in [-0.25, -0.2) is 0 Å². The van der Waals surface area contributed by atoms with E-state index in [2.05, 4.69) is 19.9 Å². The number of hydrogen-bond acceptors (Lipinski definition) is 1. The lowest BCUT2D eigenvalue weighted by molar-refractivity contribution is 0.217. The van der Waals surface area contributed by atoms with Gasteiger partial charge in [0, 0.05) is 6.07 Å². The lowest BCUT2D eigenvalue weighted by atomic mass is 10.3. The Balaban J connectivity index is 2.51. The van der Waals surface area contributed by atoms with Crippen LogP contribution in [0.15, 0.2) is 24.3 Å². The Labute approximate surface area is 68.0 Å². The van der Waals surface area contributed by atoms with E-state index in [9.17, 15) is 0 Å². The molecule has 0 aromatic heterocycles. The maximum atomic E-state index is 5.51. The molecule has 1 unspecified atom stereocenters. The summed E-state index contributed by atoms with van der Waals surface area (Å²) in [4.78, 5) is 0. The van der Waals surface area contributed by atoms with Gasteiger partial charge in [-0.2, -0.15) is 0 Å². The van der Waals surface area contributed by atoms with E-state index < -0.39 is 0 Å². The van der Waals surface area contributed by atoms with Crippen molar-refractivity contribution >= 4 is 0 Å². The zero-order valence-electron chi connectivity index (χ0n) is 7.00. The molecule has 0 N–H and O–H groups in total. The van der Waals surface area contributed by atoms with Crippen molar-refractivity contribution in [2.45, 2.75) is 26.4 Å². The van der Waals surface area contributed by atoms with Gasteiger partial charge in [0.15, 0.2) is 0 Å². The molecule has 0 amide bonds. The van der Waals surface area contributed by atoms with Crippen molar-refractivity contribution in [3.63, 3.8) is 0 Å². The van der Waals surface area contributed by atoms with Crippen molar-refractivity contribution in [2.24, 2.45) is 0 Å². The summed E-state index contributed by atoms with van der Waals surface area (Å²) in [7, 11) is 0. The smallest absolute Gasteiger partial charge is 0.127 e. The first-order valence-corrected chi connectivity index (χ1v) is 3.96. The highest BCUT2D eigenvalue weighted by Crippen LogP contribution is 2.10. The fourth-order valence-corrected chi connectivity index (χ4v) is 0.750. The molecule has 0 aliphatic rings. The van der Waals surface area contributed by atoms with Gasteiger partial charge in [0.1, 0.15) is 5.75 Å². The van der Waals surface area contributed by atoms with Crippen LogP contribution >= 0.6 is 0 Å². The number of rotatable bonds is 3. The van der Waals surface area contributed by atoms with Gasteiger partial charge in [0.25, 0.3) is 0 Å². The molecule has 0 heterocycles. The number of benzene rings is 1. The largest absolute Gasteiger partial charge is 0.490 e. The third-order valence-corrected chi connectivity index (χ3v) is 1.58. The van der Waals surface area contributed by atoms with Gasteiger partial charge in [-0.05, 0) is 19.4 Å². The maximum Gasteiger partial charge on any atom is 0.127 e. The molecule has 11 heavy (non-hydrogen) atoms. The fraction of sp³-hybridized carbons (Fsp3) is 0.400. The van der Waals surface area contributed by atoms with Crippen molar-refractivity contribution in [2.75, 3.05) is 0 Å². The van der Waals surface area contributed by atoms with Crippen LogP contribution in [0.4, 0.5) is 0 Å². The molecule has 1 nitrogen and oxygen atoms in total. The number of hydrogen-bond donors (Lipinski definition) is 0. The highest BCUT2D eigenvalue weighted by Gasteiger charge is 1.98. The molecule has 1 atom stereocenters. The Morgan fingerprint density at radius 2 is 2.36 bits per heavy atom. The first-order valence-electron chi connectivity index (χ1n) is 3.96. The second kappa shape index (κ2) is 4.02. The zero-order valence-corrected chi connectivity index (χ0v) is 7.00. The molecule has 0 fully saturated rings. The fourth-order valence-electron chi connectivity index (χ4n) is 0.750. The van der Waals surface area contributed by atoms with Crippen LogP contribution in [0.1, 0.15) is 20.3 Å². The zero-order chi connectivity index (χ0) is 8.10. The Morgan fingerprint density at radius 1 is 1.55 bits per heavy atom. The summed E-state index contributed by atoms with van der Waals surface area (Å²) < 4.78 is 5.51. The van der Waals surface area contributed by atoms with Crippen LogP contribution in [0.2, 0.25) is 0 Å². The van der Waals surface area contributed by atoms with Crippen LogP contribution in [-0.2, 0) is 0 Å². The highest BCUT2D eigenvalue weighted by molar-refractivity contribution is 5.19. The predicted molar refractivity (Wildman–Crippen MR) is 45.7 cm³/mol. The van der Waals surface area contributed by atoms with E-state index in [0.717, 1.165) is 12.2 Å². The molecule has 0 aliphatic heterocycles. The molecular formula is C10H13O. The average Bonchev–Trinajstić information content (AvgIpc) is 2.06. The predicted octanol–water partition coefficient (Wildman–Crippen LogP) is 2.66. The third-order valence-electron chi connectivity index (χ3n) is 1.58. The van der Waals surface area contributed by atoms with Crippen molar-refractivity contribution in [1.29, 1.82) is 0 Å². The van der Waals surface area contributed by atoms with E-state index in [0.29, 0.717) is 0 Å². The summed E-state index contributed by atoms with van der Waals surface area (Å²) in [6, 6.07) is 10.7. The molecule has 59 valence electrons. The first-order chi connectivity index (χ1) is 5.33. The monoisotopic (exact) mass is 149 g/mol. The summed E-state index contributed by atoms with van der Waals surface area (Å²) in [6.45, 7) is 4.16. The first kappa shape index (κ1) is 8.12. The van der Waals surface area contributed by atoms with Gasteiger partial charge in [-0.15, -0.1) is 0 Å². The van der Waals surface area contributed by atoms with Crippen LogP contribution < -0.4 is 4.74 Å². The molecule has 1 heteroatoms. The van der Waals surface area contributed by atoms with E-state index in [-0.39, 0.29) is 6.10 Å². The van der Waals surface area contributed by atoms with Gasteiger partial charge in [0.05, 0.1) is 6.10 Å². The lowest BCUT2D eigenvalue weighted by Crippen LogP contribution is -2.09. The van der Waals surface area contributed by atoms with Gasteiger partial charge < -0.3 is 4.74 Å². The van der Waals surface area contributed by atoms with Crippen molar-refractivity contribution in [3.05, 3.63) is 30.3 Å². The van der Waals surface area contributed by atoms with Gasteiger partial charge in [-0.1, -0.05) is 25.1 Å². The molecule has 0 bridgehead atoms. The molecule has 0 aliphatic carbocycles. The lowest BCUT2D eigenvalue weighted by Gasteiger charge is -2.11. The Kier molecular flexibility index (Phi) is 2.96. The van der Waals surface area contributed by atoms with E-state index in [1.807, 2.05) is 24.3 Å². The van der Waals surface area contributed by atoms with Crippen molar-refractivity contribution in [3.8, 4) is 5.75 Å². The minimum absolute atomic E-state index is 0.286. The van der Waals surface area contributed by atoms with Crippen molar-refractivity contribution < 1.29 is 4.74 Å². The summed E-state index contributed by atoms with van der Waals surface area (Å²) in [5.41, 5.74) is 0. The molecule has 0 saturated carbocycles. The maximum absolute atomic E-state index is 5.51. The summed E-state index contributed by atoms with van der Waals surface area (Å²) >= 11 is 0. The Hall–Kier alpha value is -0.980. The SMILES string of the molecule is CCC(C)Oc1[c]cccc1. The standard InChI is InChI=1S/C10H13O/c1-3-9(2)11-10-7-5-4-6-8-10/h4-7,9H,3H2,1-2H3. The van der Waals surface area contributed by atoms with Crippen LogP contribution in [0.5, 0.6) is 5.75 Å². The molecule has 0 saturated heterocycles. The van der Waals surface area contributed by atoms with E-state index in [4.69, 9.17) is 4.74 Å². The van der Waals surface area contributed by atoms with Gasteiger partial charge in [0.2, 0.25) is 0 Å². The third kappa shape index (κ3) is 2.62.